The second kappa shape index (κ2) is 5.95. The van der Waals surface area contributed by atoms with E-state index >= 15 is 0 Å². The van der Waals surface area contributed by atoms with Gasteiger partial charge >= 0.3 is 0 Å². The summed E-state index contributed by atoms with van der Waals surface area (Å²) >= 11 is 1.98. The highest BCUT2D eigenvalue weighted by atomic mass is 32.1. The molecule has 1 unspecified atom stereocenters. The molecule has 2 aliphatic rings. The number of pyridine rings is 1. The Balaban J connectivity index is 1.88. The van der Waals surface area contributed by atoms with Gasteiger partial charge in [0.15, 0.2) is 0 Å². The molecule has 128 valence electrons. The van der Waals surface area contributed by atoms with Crippen LogP contribution in [0.3, 0.4) is 0 Å². The second-order valence-electron chi connectivity index (χ2n) is 8.02. The van der Waals surface area contributed by atoms with Crippen molar-refractivity contribution in [3.8, 4) is 11.1 Å². The van der Waals surface area contributed by atoms with Gasteiger partial charge in [-0.3, -0.25) is 0 Å². The minimum Gasteiger partial charge on any atom is -0.242 e. The molecule has 1 nitrogen and oxygen atoms in total. The third-order valence-electron chi connectivity index (χ3n) is 6.02. The lowest BCUT2D eigenvalue weighted by Gasteiger charge is -2.25. The monoisotopic (exact) mass is 347 g/mol. The molecule has 1 atom stereocenters. The number of rotatable bonds is 1. The van der Waals surface area contributed by atoms with E-state index < -0.39 is 0 Å². The lowest BCUT2D eigenvalue weighted by Crippen LogP contribution is -2.14. The van der Waals surface area contributed by atoms with Crippen LogP contribution < -0.4 is 0 Å². The average molecular weight is 348 g/mol. The first-order valence-electron chi connectivity index (χ1n) is 9.73. The number of thiophene rings is 1. The summed E-state index contributed by atoms with van der Waals surface area (Å²) in [6, 6.07) is 9.11. The summed E-state index contributed by atoms with van der Waals surface area (Å²) < 4.78 is 0. The van der Waals surface area contributed by atoms with Crippen molar-refractivity contribution in [3.63, 3.8) is 0 Å². The summed E-state index contributed by atoms with van der Waals surface area (Å²) in [4.78, 5) is 8.09. The fourth-order valence-corrected chi connectivity index (χ4v) is 6.04. The molecule has 0 amide bonds. The molecule has 0 saturated heterocycles. The molecule has 25 heavy (non-hydrogen) atoms. The molecule has 2 aromatic heterocycles. The molecule has 2 aliphatic carbocycles. The lowest BCUT2D eigenvalue weighted by molar-refractivity contribution is 0.496. The number of aromatic nitrogens is 1. The number of hydrogen-bond acceptors (Lipinski definition) is 2. The molecule has 5 rings (SSSR count). The number of benzene rings is 1. The molecule has 2 heterocycles. The third-order valence-corrected chi connectivity index (χ3v) is 7.21. The van der Waals surface area contributed by atoms with E-state index in [4.69, 9.17) is 4.98 Å². The summed E-state index contributed by atoms with van der Waals surface area (Å²) in [6.07, 6.45) is 8.79. The van der Waals surface area contributed by atoms with Gasteiger partial charge in [-0.1, -0.05) is 36.8 Å². The van der Waals surface area contributed by atoms with Gasteiger partial charge in [0.2, 0.25) is 0 Å². The predicted molar refractivity (Wildman–Crippen MR) is 108 cm³/mol. The maximum absolute atomic E-state index is 5.18. The minimum atomic E-state index is 0.768. The molecule has 0 spiro atoms. The molecule has 0 saturated carbocycles. The maximum Gasteiger partial charge on any atom is 0.124 e. The van der Waals surface area contributed by atoms with Crippen LogP contribution in [0, 0.1) is 12.8 Å². The highest BCUT2D eigenvalue weighted by Gasteiger charge is 2.27. The molecule has 1 aromatic carbocycles. The Kier molecular flexibility index (Phi) is 3.71. The van der Waals surface area contributed by atoms with E-state index in [0.717, 1.165) is 12.3 Å². The van der Waals surface area contributed by atoms with Gasteiger partial charge in [-0.2, -0.15) is 0 Å². The number of nitrogens with zero attached hydrogens (tertiary/aromatic N) is 1. The van der Waals surface area contributed by atoms with Crippen molar-refractivity contribution >= 4 is 21.6 Å². The topological polar surface area (TPSA) is 12.9 Å². The zero-order valence-electron chi connectivity index (χ0n) is 15.2. The normalized spacial score (nSPS) is 19.7. The Morgan fingerprint density at radius 3 is 2.84 bits per heavy atom. The van der Waals surface area contributed by atoms with E-state index in [2.05, 4.69) is 38.1 Å². The van der Waals surface area contributed by atoms with Gasteiger partial charge in [-0.05, 0) is 80.0 Å². The molecule has 0 N–H and O–H groups in total. The highest BCUT2D eigenvalue weighted by molar-refractivity contribution is 7.19. The molecule has 0 fully saturated rings. The fraction of sp³-hybridized carbons (Fsp3) is 0.435. The van der Waals surface area contributed by atoms with Gasteiger partial charge in [-0.25, -0.2) is 4.98 Å². The first kappa shape index (κ1) is 15.6. The maximum atomic E-state index is 5.18. The van der Waals surface area contributed by atoms with Crippen LogP contribution in [-0.4, -0.2) is 4.98 Å². The van der Waals surface area contributed by atoms with Crippen LogP contribution in [0.4, 0.5) is 0 Å². The number of fused-ring (bicyclic) bond motifs is 4. The van der Waals surface area contributed by atoms with Gasteiger partial charge < -0.3 is 0 Å². The van der Waals surface area contributed by atoms with E-state index in [-0.39, 0.29) is 0 Å². The SMILES string of the molecule is Cc1cccc(-c2c3c(nc4sc5c(c24)CCCC5)CCC(C)C3)c1. The minimum absolute atomic E-state index is 0.768. The van der Waals surface area contributed by atoms with Gasteiger partial charge in [-0.15, -0.1) is 11.3 Å². The fourth-order valence-electron chi connectivity index (χ4n) is 4.75. The van der Waals surface area contributed by atoms with Crippen LogP contribution in [0.1, 0.15) is 53.4 Å². The molecular formula is C23H25NS. The molecule has 0 radical (unpaired) electrons. The Hall–Kier alpha value is -1.67. The van der Waals surface area contributed by atoms with E-state index in [1.807, 2.05) is 11.3 Å². The van der Waals surface area contributed by atoms with Crippen LogP contribution in [-0.2, 0) is 25.7 Å². The Morgan fingerprint density at radius 1 is 1.08 bits per heavy atom. The molecule has 3 aromatic rings. The van der Waals surface area contributed by atoms with Gasteiger partial charge in [0, 0.05) is 16.0 Å². The Labute approximate surface area is 154 Å². The Morgan fingerprint density at radius 2 is 1.96 bits per heavy atom. The van der Waals surface area contributed by atoms with E-state index in [0.29, 0.717) is 0 Å². The van der Waals surface area contributed by atoms with Gasteiger partial charge in [0.25, 0.3) is 0 Å². The van der Waals surface area contributed by atoms with E-state index in [9.17, 15) is 0 Å². The number of hydrogen-bond donors (Lipinski definition) is 0. The van der Waals surface area contributed by atoms with Crippen molar-refractivity contribution in [2.75, 3.05) is 0 Å². The molecule has 0 bridgehead atoms. The van der Waals surface area contributed by atoms with Crippen molar-refractivity contribution < 1.29 is 0 Å². The zero-order chi connectivity index (χ0) is 17.0. The summed E-state index contributed by atoms with van der Waals surface area (Å²) in [7, 11) is 0. The van der Waals surface area contributed by atoms with Crippen LogP contribution >= 0.6 is 11.3 Å². The molecule has 2 heteroatoms. The van der Waals surface area contributed by atoms with Crippen molar-refractivity contribution in [2.45, 2.75) is 58.8 Å². The van der Waals surface area contributed by atoms with Crippen LogP contribution in [0.2, 0.25) is 0 Å². The highest BCUT2D eigenvalue weighted by Crippen LogP contribution is 2.45. The summed E-state index contributed by atoms with van der Waals surface area (Å²) in [5.41, 5.74) is 8.82. The zero-order valence-corrected chi connectivity index (χ0v) is 16.0. The van der Waals surface area contributed by atoms with Crippen molar-refractivity contribution in [2.24, 2.45) is 5.92 Å². The standard InChI is InChI=1S/C23H25NS/c1-14-6-5-7-16(12-14)21-18-13-15(2)10-11-19(18)24-23-22(21)17-8-3-4-9-20(17)25-23/h5-7,12,15H,3-4,8-11,13H2,1-2H3. The molecule has 0 aliphatic heterocycles. The number of aryl methyl sites for hydroxylation is 4. The third kappa shape index (κ3) is 2.54. The summed E-state index contributed by atoms with van der Waals surface area (Å²) in [5.74, 6) is 0.768. The van der Waals surface area contributed by atoms with Gasteiger partial charge in [0.05, 0.1) is 0 Å². The van der Waals surface area contributed by atoms with E-state index in [1.54, 1.807) is 16.0 Å². The van der Waals surface area contributed by atoms with Crippen molar-refractivity contribution in [3.05, 3.63) is 51.5 Å². The smallest absolute Gasteiger partial charge is 0.124 e. The van der Waals surface area contributed by atoms with Crippen molar-refractivity contribution in [1.29, 1.82) is 0 Å². The summed E-state index contributed by atoms with van der Waals surface area (Å²) in [5, 5.41) is 1.50. The van der Waals surface area contributed by atoms with Crippen LogP contribution in [0.25, 0.3) is 21.3 Å². The second-order valence-corrected chi connectivity index (χ2v) is 9.10. The van der Waals surface area contributed by atoms with E-state index in [1.165, 1.54) is 71.1 Å². The average Bonchev–Trinajstić information content (AvgIpc) is 2.98. The lowest BCUT2D eigenvalue weighted by atomic mass is 9.81. The molecular weight excluding hydrogens is 322 g/mol. The summed E-state index contributed by atoms with van der Waals surface area (Å²) in [6.45, 7) is 4.61. The van der Waals surface area contributed by atoms with Crippen LogP contribution in [0.5, 0.6) is 0 Å². The van der Waals surface area contributed by atoms with Gasteiger partial charge in [0.1, 0.15) is 4.83 Å². The first-order valence-corrected chi connectivity index (χ1v) is 10.6. The van der Waals surface area contributed by atoms with Crippen molar-refractivity contribution in [1.82, 2.24) is 4.98 Å². The quantitative estimate of drug-likeness (QED) is 0.505. The van der Waals surface area contributed by atoms with Crippen LogP contribution in [0.15, 0.2) is 24.3 Å². The largest absolute Gasteiger partial charge is 0.242 e. The Bertz CT molecular complexity index is 966. The first-order chi connectivity index (χ1) is 12.2. The predicted octanol–water partition coefficient (Wildman–Crippen LogP) is 6.28.